The highest BCUT2D eigenvalue weighted by molar-refractivity contribution is 7.98. The van der Waals surface area contributed by atoms with Crippen LogP contribution in [-0.2, 0) is 0 Å². The fourth-order valence-corrected chi connectivity index (χ4v) is 2.98. The molecular formula is C16H13NOS. The fraction of sp³-hybridized carbons (Fsp3) is 0.0625. The van der Waals surface area contributed by atoms with Crippen molar-refractivity contribution < 1.29 is 0 Å². The number of nitrogens with one attached hydrogen (secondary N) is 1. The van der Waals surface area contributed by atoms with E-state index in [0.717, 1.165) is 26.9 Å². The largest absolute Gasteiger partial charge is 0.321 e. The van der Waals surface area contributed by atoms with Crippen LogP contribution in [0.1, 0.15) is 0 Å². The molecule has 0 fully saturated rings. The summed E-state index contributed by atoms with van der Waals surface area (Å²) < 4.78 is 0. The second-order valence-corrected chi connectivity index (χ2v) is 5.09. The molecule has 3 rings (SSSR count). The Kier molecular flexibility index (Phi) is 3.13. The molecule has 1 heterocycles. The summed E-state index contributed by atoms with van der Waals surface area (Å²) in [7, 11) is 0. The average molecular weight is 267 g/mol. The molecule has 0 aliphatic rings. The predicted molar refractivity (Wildman–Crippen MR) is 81.8 cm³/mol. The van der Waals surface area contributed by atoms with Crippen molar-refractivity contribution >= 4 is 22.7 Å². The van der Waals surface area contributed by atoms with Crippen molar-refractivity contribution in [3.63, 3.8) is 0 Å². The van der Waals surface area contributed by atoms with Gasteiger partial charge in [0, 0.05) is 16.5 Å². The highest BCUT2D eigenvalue weighted by atomic mass is 32.2. The van der Waals surface area contributed by atoms with Gasteiger partial charge in [0.2, 0.25) is 0 Å². The minimum absolute atomic E-state index is 0.0231. The van der Waals surface area contributed by atoms with E-state index in [2.05, 4.69) is 4.98 Å². The summed E-state index contributed by atoms with van der Waals surface area (Å²) in [5.74, 6) is 0. The maximum atomic E-state index is 12.2. The minimum atomic E-state index is -0.0231. The van der Waals surface area contributed by atoms with Gasteiger partial charge in [-0.2, -0.15) is 0 Å². The summed E-state index contributed by atoms with van der Waals surface area (Å²) in [5, 5.41) is 1.08. The summed E-state index contributed by atoms with van der Waals surface area (Å²) in [4.78, 5) is 15.9. The molecule has 0 bridgehead atoms. The van der Waals surface area contributed by atoms with Crippen molar-refractivity contribution in [3.8, 4) is 11.1 Å². The van der Waals surface area contributed by atoms with E-state index in [9.17, 15) is 4.79 Å². The zero-order valence-corrected chi connectivity index (χ0v) is 11.3. The van der Waals surface area contributed by atoms with E-state index in [-0.39, 0.29) is 5.56 Å². The molecule has 0 saturated carbocycles. The first-order valence-corrected chi connectivity index (χ1v) is 7.28. The van der Waals surface area contributed by atoms with Gasteiger partial charge in [-0.3, -0.25) is 4.79 Å². The molecule has 2 aromatic carbocycles. The first kappa shape index (κ1) is 12.1. The number of thioether (sulfide) groups is 1. The van der Waals surface area contributed by atoms with Gasteiger partial charge >= 0.3 is 0 Å². The smallest absolute Gasteiger partial charge is 0.262 e. The molecule has 3 aromatic rings. The number of fused-ring (bicyclic) bond motifs is 1. The molecule has 0 aliphatic heterocycles. The van der Waals surface area contributed by atoms with Crippen LogP contribution in [0.25, 0.3) is 22.0 Å². The lowest BCUT2D eigenvalue weighted by Crippen LogP contribution is -2.10. The highest BCUT2D eigenvalue weighted by Gasteiger charge is 2.12. The van der Waals surface area contributed by atoms with Crippen molar-refractivity contribution in [2.45, 2.75) is 4.90 Å². The molecule has 0 radical (unpaired) electrons. The number of H-pyrrole nitrogens is 1. The van der Waals surface area contributed by atoms with Gasteiger partial charge in [-0.05, 0) is 17.9 Å². The van der Waals surface area contributed by atoms with E-state index in [1.165, 1.54) is 11.8 Å². The van der Waals surface area contributed by atoms with Gasteiger partial charge < -0.3 is 4.98 Å². The van der Waals surface area contributed by atoms with E-state index in [0.29, 0.717) is 0 Å². The Morgan fingerprint density at radius 3 is 2.37 bits per heavy atom. The molecular weight excluding hydrogens is 254 g/mol. The third-order valence-electron chi connectivity index (χ3n) is 3.14. The summed E-state index contributed by atoms with van der Waals surface area (Å²) in [6, 6.07) is 18.0. The molecule has 0 unspecified atom stereocenters. The monoisotopic (exact) mass is 267 g/mol. The highest BCUT2D eigenvalue weighted by Crippen LogP contribution is 2.33. The quantitative estimate of drug-likeness (QED) is 0.714. The summed E-state index contributed by atoms with van der Waals surface area (Å²) in [6.07, 6.45) is 1.94. The average Bonchev–Trinajstić information content (AvgIpc) is 2.46. The van der Waals surface area contributed by atoms with Gasteiger partial charge in [-0.1, -0.05) is 48.5 Å². The van der Waals surface area contributed by atoms with E-state index in [4.69, 9.17) is 0 Å². The topological polar surface area (TPSA) is 32.9 Å². The zero-order chi connectivity index (χ0) is 13.2. The predicted octanol–water partition coefficient (Wildman–Crippen LogP) is 3.92. The van der Waals surface area contributed by atoms with E-state index >= 15 is 0 Å². The van der Waals surface area contributed by atoms with Gasteiger partial charge in [0.05, 0.1) is 4.90 Å². The number of hydrogen-bond acceptors (Lipinski definition) is 2. The zero-order valence-electron chi connectivity index (χ0n) is 10.5. The van der Waals surface area contributed by atoms with Gasteiger partial charge in [-0.15, -0.1) is 11.8 Å². The van der Waals surface area contributed by atoms with Crippen molar-refractivity contribution in [2.24, 2.45) is 0 Å². The van der Waals surface area contributed by atoms with Crippen LogP contribution in [0.3, 0.4) is 0 Å². The molecule has 3 heteroatoms. The lowest BCUT2D eigenvalue weighted by atomic mass is 10.0. The number of para-hydroxylation sites is 1. The van der Waals surface area contributed by atoms with Crippen LogP contribution in [0.5, 0.6) is 0 Å². The van der Waals surface area contributed by atoms with Crippen molar-refractivity contribution in [1.29, 1.82) is 0 Å². The van der Waals surface area contributed by atoms with E-state index in [1.54, 1.807) is 0 Å². The Morgan fingerprint density at radius 2 is 1.63 bits per heavy atom. The molecule has 94 valence electrons. The van der Waals surface area contributed by atoms with E-state index in [1.807, 2.05) is 60.9 Å². The van der Waals surface area contributed by atoms with Crippen molar-refractivity contribution in [1.82, 2.24) is 4.98 Å². The maximum absolute atomic E-state index is 12.2. The summed E-state index contributed by atoms with van der Waals surface area (Å²) >= 11 is 1.49. The number of rotatable bonds is 2. The molecule has 0 aliphatic carbocycles. The molecule has 1 N–H and O–H groups in total. The van der Waals surface area contributed by atoms with E-state index < -0.39 is 0 Å². The Labute approximate surface area is 115 Å². The van der Waals surface area contributed by atoms with Crippen LogP contribution in [0.4, 0.5) is 0 Å². The Morgan fingerprint density at radius 1 is 0.947 bits per heavy atom. The van der Waals surface area contributed by atoms with Crippen molar-refractivity contribution in [3.05, 3.63) is 65.0 Å². The van der Waals surface area contributed by atoms with Crippen molar-refractivity contribution in [2.75, 3.05) is 6.26 Å². The van der Waals surface area contributed by atoms with Gasteiger partial charge in [0.1, 0.15) is 0 Å². The second kappa shape index (κ2) is 4.94. The minimum Gasteiger partial charge on any atom is -0.321 e. The normalized spacial score (nSPS) is 10.8. The van der Waals surface area contributed by atoms with Gasteiger partial charge in [-0.25, -0.2) is 0 Å². The van der Waals surface area contributed by atoms with Crippen LogP contribution in [0.2, 0.25) is 0 Å². The standard InChI is InChI=1S/C16H13NOS/c1-19-15-14(11-7-3-2-4-8-11)12-9-5-6-10-13(12)17-16(15)18/h2-10H,1H3,(H,17,18). The van der Waals surface area contributed by atoms with Crippen LogP contribution in [0, 0.1) is 0 Å². The summed E-state index contributed by atoms with van der Waals surface area (Å²) in [5.41, 5.74) is 2.95. The Bertz CT molecular complexity index is 778. The molecule has 2 nitrogen and oxygen atoms in total. The Hall–Kier alpha value is -2.00. The Balaban J connectivity index is 2.47. The van der Waals surface area contributed by atoms with Crippen LogP contribution >= 0.6 is 11.8 Å². The number of benzene rings is 2. The molecule has 0 amide bonds. The lowest BCUT2D eigenvalue weighted by Gasteiger charge is -2.11. The van der Waals surface area contributed by atoms with Crippen LogP contribution in [0.15, 0.2) is 64.3 Å². The third-order valence-corrected chi connectivity index (χ3v) is 3.94. The third kappa shape index (κ3) is 2.06. The number of hydrogen-bond donors (Lipinski definition) is 1. The first-order chi connectivity index (χ1) is 9.31. The van der Waals surface area contributed by atoms with Crippen LogP contribution in [-0.4, -0.2) is 11.2 Å². The molecule has 0 spiro atoms. The van der Waals surface area contributed by atoms with Gasteiger partial charge in [0.25, 0.3) is 5.56 Å². The second-order valence-electron chi connectivity index (χ2n) is 4.27. The fourth-order valence-electron chi connectivity index (χ4n) is 2.31. The number of aromatic nitrogens is 1. The number of pyridine rings is 1. The molecule has 1 aromatic heterocycles. The molecule has 0 atom stereocenters. The first-order valence-electron chi connectivity index (χ1n) is 6.05. The van der Waals surface area contributed by atoms with Gasteiger partial charge in [0.15, 0.2) is 0 Å². The molecule has 19 heavy (non-hydrogen) atoms. The lowest BCUT2D eigenvalue weighted by molar-refractivity contribution is 1.20. The summed E-state index contributed by atoms with van der Waals surface area (Å²) in [6.45, 7) is 0. The maximum Gasteiger partial charge on any atom is 0.262 e. The number of aromatic amines is 1. The SMILES string of the molecule is CSc1c(-c2ccccc2)c2ccccc2[nH]c1=O. The van der Waals surface area contributed by atoms with Crippen LogP contribution < -0.4 is 5.56 Å². The molecule has 0 saturated heterocycles.